The first-order valence-corrected chi connectivity index (χ1v) is 4.23. The molecule has 0 spiro atoms. The van der Waals surface area contributed by atoms with Crippen LogP contribution >= 0.6 is 0 Å². The highest BCUT2D eigenvalue weighted by Crippen LogP contribution is 2.09. The molecule has 12 heavy (non-hydrogen) atoms. The van der Waals surface area contributed by atoms with Gasteiger partial charge in [-0.05, 0) is 6.42 Å². The predicted octanol–water partition coefficient (Wildman–Crippen LogP) is 0.376. The molecule has 0 aromatic carbocycles. The highest BCUT2D eigenvalue weighted by atomic mass is 16.8. The van der Waals surface area contributed by atoms with Gasteiger partial charge in [-0.25, -0.2) is 4.79 Å². The van der Waals surface area contributed by atoms with Crippen LogP contribution in [0.2, 0.25) is 0 Å². The quantitative estimate of drug-likeness (QED) is 0.465. The molecule has 0 radical (unpaired) electrons. The lowest BCUT2D eigenvalue weighted by molar-refractivity contribution is 0.172. The molecule has 3 N–H and O–H groups in total. The van der Waals surface area contributed by atoms with Crippen molar-refractivity contribution in [3.63, 3.8) is 0 Å². The van der Waals surface area contributed by atoms with Crippen molar-refractivity contribution in [3.05, 3.63) is 0 Å². The molecule has 0 aromatic heterocycles. The molecule has 1 fully saturated rings. The van der Waals surface area contributed by atoms with Crippen molar-refractivity contribution in [2.75, 3.05) is 6.54 Å². The molecule has 1 atom stereocenters. The zero-order valence-electron chi connectivity index (χ0n) is 7.25. The van der Waals surface area contributed by atoms with E-state index >= 15 is 0 Å². The van der Waals surface area contributed by atoms with E-state index in [1.54, 1.807) is 0 Å². The Balaban J connectivity index is 2.19. The second kappa shape index (κ2) is 4.27. The van der Waals surface area contributed by atoms with Crippen LogP contribution in [0.1, 0.15) is 26.2 Å². The summed E-state index contributed by atoms with van der Waals surface area (Å²) in [6.45, 7) is 2.78. The van der Waals surface area contributed by atoms with Gasteiger partial charge in [0.15, 0.2) is 0 Å². The van der Waals surface area contributed by atoms with Crippen LogP contribution in [0.15, 0.2) is 0 Å². The fraction of sp³-hybridized carbons (Fsp3) is 0.857. The molecule has 1 aliphatic heterocycles. The topological polar surface area (TPSA) is 80.8 Å². The summed E-state index contributed by atoms with van der Waals surface area (Å²) >= 11 is 0. The SMILES string of the molecule is CCCCCN(C(N)=O)C1NO1. The maximum absolute atomic E-state index is 10.8. The van der Waals surface area contributed by atoms with Crippen molar-refractivity contribution in [2.45, 2.75) is 32.5 Å². The zero-order valence-corrected chi connectivity index (χ0v) is 7.25. The number of urea groups is 1. The lowest BCUT2D eigenvalue weighted by atomic mass is 10.2. The van der Waals surface area contributed by atoms with Gasteiger partial charge in [-0.15, -0.1) is 5.48 Å². The first kappa shape index (κ1) is 9.28. The molecule has 1 rings (SSSR count). The number of primary amides is 1. The number of hydrogen-bond donors (Lipinski definition) is 2. The Morgan fingerprint density at radius 3 is 2.75 bits per heavy atom. The Bertz CT molecular complexity index is 159. The Morgan fingerprint density at radius 2 is 2.33 bits per heavy atom. The summed E-state index contributed by atoms with van der Waals surface area (Å²) < 4.78 is 0. The molecule has 70 valence electrons. The molecule has 1 unspecified atom stereocenters. The van der Waals surface area contributed by atoms with Crippen LogP contribution in [0.4, 0.5) is 4.79 Å². The number of nitrogens with one attached hydrogen (secondary N) is 1. The van der Waals surface area contributed by atoms with E-state index in [4.69, 9.17) is 10.6 Å². The summed E-state index contributed by atoms with van der Waals surface area (Å²) in [4.78, 5) is 17.0. The average molecular weight is 173 g/mol. The number of amides is 2. The molecule has 0 saturated carbocycles. The van der Waals surface area contributed by atoms with E-state index < -0.39 is 6.03 Å². The Kier molecular flexibility index (Phi) is 3.31. The number of hydrogen-bond acceptors (Lipinski definition) is 3. The van der Waals surface area contributed by atoms with Gasteiger partial charge in [-0.2, -0.15) is 0 Å². The van der Waals surface area contributed by atoms with Crippen LogP contribution in [-0.2, 0) is 4.84 Å². The maximum atomic E-state index is 10.8. The van der Waals surface area contributed by atoms with Crippen LogP contribution in [0, 0.1) is 0 Å². The monoisotopic (exact) mass is 173 g/mol. The second-order valence-electron chi connectivity index (χ2n) is 2.83. The molecule has 1 heterocycles. The minimum atomic E-state index is -0.430. The van der Waals surface area contributed by atoms with Crippen LogP contribution < -0.4 is 11.2 Å². The lowest BCUT2D eigenvalue weighted by Crippen LogP contribution is -2.39. The molecule has 0 aromatic rings. The fourth-order valence-electron chi connectivity index (χ4n) is 1.03. The third kappa shape index (κ3) is 2.67. The molecule has 0 bridgehead atoms. The van der Waals surface area contributed by atoms with Gasteiger partial charge in [0.05, 0.1) is 0 Å². The van der Waals surface area contributed by atoms with Crippen LogP contribution in [0.3, 0.4) is 0 Å². The van der Waals surface area contributed by atoms with Crippen molar-refractivity contribution in [1.82, 2.24) is 10.4 Å². The van der Waals surface area contributed by atoms with Crippen molar-refractivity contribution in [1.29, 1.82) is 0 Å². The average Bonchev–Trinajstić information content (AvgIpc) is 2.80. The normalized spacial score (nSPS) is 20.6. The van der Waals surface area contributed by atoms with E-state index in [0.717, 1.165) is 19.3 Å². The van der Waals surface area contributed by atoms with Crippen LogP contribution in [0.25, 0.3) is 0 Å². The molecular weight excluding hydrogens is 158 g/mol. The first-order chi connectivity index (χ1) is 5.75. The van der Waals surface area contributed by atoms with Crippen LogP contribution in [-0.4, -0.2) is 23.8 Å². The fourth-order valence-corrected chi connectivity index (χ4v) is 1.03. The Morgan fingerprint density at radius 1 is 1.67 bits per heavy atom. The Labute approximate surface area is 71.8 Å². The van der Waals surface area contributed by atoms with E-state index in [1.165, 1.54) is 4.90 Å². The molecule has 1 aliphatic rings. The number of hydroxylamine groups is 1. The van der Waals surface area contributed by atoms with Gasteiger partial charge in [-0.3, -0.25) is 9.74 Å². The summed E-state index contributed by atoms with van der Waals surface area (Å²) in [7, 11) is 0. The summed E-state index contributed by atoms with van der Waals surface area (Å²) in [5, 5.41) is 0. The number of nitrogens with zero attached hydrogens (tertiary/aromatic N) is 1. The minimum absolute atomic E-state index is 0.278. The van der Waals surface area contributed by atoms with Gasteiger partial charge >= 0.3 is 6.03 Å². The summed E-state index contributed by atoms with van der Waals surface area (Å²) in [5.41, 5.74) is 7.69. The highest BCUT2D eigenvalue weighted by Gasteiger charge is 2.32. The molecular formula is C7H15N3O2. The largest absolute Gasteiger partial charge is 0.351 e. The third-order valence-electron chi connectivity index (χ3n) is 1.79. The summed E-state index contributed by atoms with van der Waals surface area (Å²) in [6.07, 6.45) is 2.93. The first-order valence-electron chi connectivity index (χ1n) is 4.23. The maximum Gasteiger partial charge on any atom is 0.317 e. The summed E-state index contributed by atoms with van der Waals surface area (Å²) in [6, 6.07) is -0.430. The smallest absolute Gasteiger partial charge is 0.317 e. The van der Waals surface area contributed by atoms with E-state index in [-0.39, 0.29) is 6.35 Å². The van der Waals surface area contributed by atoms with Gasteiger partial charge < -0.3 is 5.73 Å². The van der Waals surface area contributed by atoms with E-state index in [0.29, 0.717) is 6.54 Å². The van der Waals surface area contributed by atoms with E-state index in [1.807, 2.05) is 0 Å². The lowest BCUT2D eigenvalue weighted by Gasteiger charge is -2.15. The number of carbonyl (C=O) groups is 1. The number of rotatable bonds is 5. The molecule has 5 heteroatoms. The van der Waals surface area contributed by atoms with Crippen LogP contribution in [0.5, 0.6) is 0 Å². The van der Waals surface area contributed by atoms with Crippen molar-refractivity contribution >= 4 is 6.03 Å². The minimum Gasteiger partial charge on any atom is -0.351 e. The molecule has 5 nitrogen and oxygen atoms in total. The third-order valence-corrected chi connectivity index (χ3v) is 1.79. The predicted molar refractivity (Wildman–Crippen MR) is 43.8 cm³/mol. The van der Waals surface area contributed by atoms with Crippen molar-refractivity contribution in [2.24, 2.45) is 5.73 Å². The van der Waals surface area contributed by atoms with Gasteiger partial charge in [0, 0.05) is 6.54 Å². The molecule has 1 saturated heterocycles. The standard InChI is InChI=1S/C7H15N3O2/c1-2-3-4-5-10(6(8)11)7-9-12-7/h7,9H,2-5H2,1H3,(H2,8,11). The van der Waals surface area contributed by atoms with E-state index in [9.17, 15) is 4.79 Å². The summed E-state index contributed by atoms with van der Waals surface area (Å²) in [5.74, 6) is 0. The molecule has 2 amide bonds. The second-order valence-corrected chi connectivity index (χ2v) is 2.83. The number of unbranched alkanes of at least 4 members (excludes halogenated alkanes) is 2. The Hall–Kier alpha value is -0.810. The van der Waals surface area contributed by atoms with Gasteiger partial charge in [-0.1, -0.05) is 19.8 Å². The number of carbonyl (C=O) groups excluding carboxylic acids is 1. The zero-order chi connectivity index (χ0) is 8.97. The highest BCUT2D eigenvalue weighted by molar-refractivity contribution is 5.72. The van der Waals surface area contributed by atoms with Gasteiger partial charge in [0.1, 0.15) is 0 Å². The van der Waals surface area contributed by atoms with Crippen molar-refractivity contribution < 1.29 is 9.63 Å². The van der Waals surface area contributed by atoms with E-state index in [2.05, 4.69) is 12.4 Å². The van der Waals surface area contributed by atoms with Crippen molar-refractivity contribution in [3.8, 4) is 0 Å². The van der Waals surface area contributed by atoms with Gasteiger partial charge in [0.2, 0.25) is 6.35 Å². The number of nitrogens with two attached hydrogens (primary N) is 1. The molecule has 0 aliphatic carbocycles. The van der Waals surface area contributed by atoms with Gasteiger partial charge in [0.25, 0.3) is 0 Å².